The summed E-state index contributed by atoms with van der Waals surface area (Å²) in [6.07, 6.45) is 71.7. The van der Waals surface area contributed by atoms with Crippen molar-refractivity contribution >= 4 is 39.5 Å². The Morgan fingerprint density at radius 3 is 0.837 bits per heavy atom. The van der Waals surface area contributed by atoms with E-state index in [1.165, 1.54) is 96.3 Å². The van der Waals surface area contributed by atoms with Crippen LogP contribution in [0.5, 0.6) is 0 Å². The van der Waals surface area contributed by atoms with Crippen molar-refractivity contribution in [2.45, 2.75) is 367 Å². The highest BCUT2D eigenvalue weighted by Gasteiger charge is 2.30. The van der Waals surface area contributed by atoms with Crippen LogP contribution in [0.3, 0.4) is 0 Å². The molecule has 19 heteroatoms. The number of carbonyl (C=O) groups is 4. The molecule has 0 amide bonds. The first-order valence-corrected chi connectivity index (χ1v) is 42.2. The van der Waals surface area contributed by atoms with Crippen LogP contribution in [0.1, 0.15) is 349 Å². The van der Waals surface area contributed by atoms with E-state index in [-0.39, 0.29) is 25.7 Å². The number of aliphatic hydroxyl groups excluding tert-OH is 1. The summed E-state index contributed by atoms with van der Waals surface area (Å²) in [7, 11) is -9.94. The summed E-state index contributed by atoms with van der Waals surface area (Å²) in [5, 5.41) is 10.6. The van der Waals surface area contributed by atoms with Crippen molar-refractivity contribution in [1.29, 1.82) is 0 Å². The molecule has 570 valence electrons. The molecule has 0 radical (unpaired) electrons. The van der Waals surface area contributed by atoms with Crippen molar-refractivity contribution in [1.82, 2.24) is 0 Å². The number of allylic oxidation sites excluding steroid dienone is 12. The average Bonchev–Trinajstić information content (AvgIpc) is 0.973. The quantitative estimate of drug-likeness (QED) is 0.0169. The molecule has 0 saturated heterocycles. The molecule has 5 unspecified atom stereocenters. The Morgan fingerprint density at radius 1 is 0.286 bits per heavy atom. The van der Waals surface area contributed by atoms with Gasteiger partial charge >= 0.3 is 39.5 Å². The molecular formula is C79H142O17P2. The van der Waals surface area contributed by atoms with Crippen LogP contribution in [0.25, 0.3) is 0 Å². The van der Waals surface area contributed by atoms with Crippen LogP contribution in [-0.4, -0.2) is 96.7 Å². The molecule has 0 saturated carbocycles. The minimum atomic E-state index is -4.98. The third-order valence-corrected chi connectivity index (χ3v) is 18.5. The van der Waals surface area contributed by atoms with Gasteiger partial charge in [-0.05, 0) is 116 Å². The number of unbranched alkanes of at least 4 members (excludes halogenated alkanes) is 36. The molecule has 0 heterocycles. The molecule has 0 spiro atoms. The van der Waals surface area contributed by atoms with Crippen molar-refractivity contribution in [3.63, 3.8) is 0 Å². The molecule has 0 bridgehead atoms. The number of hydrogen-bond donors (Lipinski definition) is 3. The Kier molecular flexibility index (Phi) is 69.3. The summed E-state index contributed by atoms with van der Waals surface area (Å²) in [6, 6.07) is 0. The minimum absolute atomic E-state index is 0.0777. The lowest BCUT2D eigenvalue weighted by Crippen LogP contribution is -2.30. The Hall–Kier alpha value is -3.50. The maximum Gasteiger partial charge on any atom is 0.472 e. The number of aliphatic hydroxyl groups is 1. The molecule has 0 rings (SSSR count). The minimum Gasteiger partial charge on any atom is -0.462 e. The van der Waals surface area contributed by atoms with Crippen molar-refractivity contribution < 1.29 is 80.2 Å². The highest BCUT2D eigenvalue weighted by molar-refractivity contribution is 7.47. The van der Waals surface area contributed by atoms with Gasteiger partial charge in [0.05, 0.1) is 26.4 Å². The molecule has 3 N–H and O–H groups in total. The maximum absolute atomic E-state index is 13.1. The third kappa shape index (κ3) is 70.9. The van der Waals surface area contributed by atoms with Gasteiger partial charge < -0.3 is 33.8 Å². The lowest BCUT2D eigenvalue weighted by atomic mass is 10.1. The molecule has 0 aliphatic heterocycles. The number of esters is 4. The van der Waals surface area contributed by atoms with E-state index in [4.69, 9.17) is 37.0 Å². The van der Waals surface area contributed by atoms with Crippen LogP contribution in [0.2, 0.25) is 0 Å². The molecule has 0 fully saturated rings. The van der Waals surface area contributed by atoms with E-state index in [1.54, 1.807) is 0 Å². The Bertz CT molecular complexity index is 2140. The molecule has 0 aliphatic carbocycles. The molecule has 17 nitrogen and oxygen atoms in total. The van der Waals surface area contributed by atoms with Gasteiger partial charge in [0.2, 0.25) is 0 Å². The number of phosphoric ester groups is 2. The van der Waals surface area contributed by atoms with Gasteiger partial charge in [-0.15, -0.1) is 0 Å². The topological polar surface area (TPSA) is 237 Å². The molecule has 98 heavy (non-hydrogen) atoms. The number of carbonyl (C=O) groups excluding carboxylic acids is 4. The fourth-order valence-electron chi connectivity index (χ4n) is 10.6. The van der Waals surface area contributed by atoms with Crippen LogP contribution in [-0.2, 0) is 65.4 Å². The van der Waals surface area contributed by atoms with Crippen LogP contribution >= 0.6 is 15.6 Å². The second-order valence-electron chi connectivity index (χ2n) is 26.3. The predicted molar refractivity (Wildman–Crippen MR) is 400 cm³/mol. The lowest BCUT2D eigenvalue weighted by molar-refractivity contribution is -0.161. The smallest absolute Gasteiger partial charge is 0.462 e. The summed E-state index contributed by atoms with van der Waals surface area (Å²) < 4.78 is 68.5. The summed E-state index contributed by atoms with van der Waals surface area (Å²) in [6.45, 7) is 4.77. The second kappa shape index (κ2) is 71.9. The molecule has 0 aliphatic rings. The zero-order valence-electron chi connectivity index (χ0n) is 62.2. The van der Waals surface area contributed by atoms with Crippen LogP contribution in [0.15, 0.2) is 72.9 Å². The highest BCUT2D eigenvalue weighted by atomic mass is 31.2. The van der Waals surface area contributed by atoms with Gasteiger partial charge in [-0.2, -0.15) is 0 Å². The SMILES string of the molecule is CCC/C=C\C/C=C\CCCCCCCC(=O)OC(COC(=O)CCCCCCCC/C=C\C/C=C\C/C=C\CCCCC)COP(=O)(O)OCC(O)COP(=O)(O)OCC(COC(=O)CCCCCCC/C=C\CCCCCCCC)OC(=O)CCCCCCCCCCCCC. The lowest BCUT2D eigenvalue weighted by Gasteiger charge is -2.21. The fourth-order valence-corrected chi connectivity index (χ4v) is 12.2. The summed E-state index contributed by atoms with van der Waals surface area (Å²) in [5.74, 6) is -2.19. The largest absolute Gasteiger partial charge is 0.472 e. The molecule has 0 aromatic heterocycles. The van der Waals surface area contributed by atoms with E-state index in [9.17, 15) is 43.2 Å². The van der Waals surface area contributed by atoms with Crippen molar-refractivity contribution in [2.24, 2.45) is 0 Å². The predicted octanol–water partition coefficient (Wildman–Crippen LogP) is 22.4. The van der Waals surface area contributed by atoms with E-state index in [0.29, 0.717) is 25.7 Å². The van der Waals surface area contributed by atoms with E-state index in [0.717, 1.165) is 173 Å². The van der Waals surface area contributed by atoms with Crippen LogP contribution < -0.4 is 0 Å². The molecule has 0 aromatic rings. The first-order valence-electron chi connectivity index (χ1n) is 39.2. The van der Waals surface area contributed by atoms with E-state index in [2.05, 4.69) is 101 Å². The summed E-state index contributed by atoms with van der Waals surface area (Å²) in [5.41, 5.74) is 0. The standard InChI is InChI=1S/C79H142O17P2/c1-5-9-13-17-21-25-29-32-34-35-36-37-39-42-45-48-52-56-60-64-77(82)90-70-75(96-79(84)66-62-58-54-50-46-40-31-27-23-19-15-11-7-3)72-94-98(87,88)92-68-73(80)67-91-97(85,86)93-71-74(95-78(83)65-61-57-53-49-43-28-24-20-16-12-8-4)69-89-76(81)63-59-55-51-47-44-41-38-33-30-26-22-18-14-10-6-2/h15,19,21,25,27,31-34,36-38,73-75,80H,5-14,16-18,20,22-24,26,28-30,35,39-72H2,1-4H3,(H,85,86)(H,87,88)/b19-15-,25-21-,31-27-,34-32-,37-36-,38-33-. The molecule has 0 aromatic carbocycles. The van der Waals surface area contributed by atoms with Gasteiger partial charge in [0.25, 0.3) is 0 Å². The van der Waals surface area contributed by atoms with Crippen LogP contribution in [0, 0.1) is 0 Å². The Labute approximate surface area is 596 Å². The monoisotopic (exact) mass is 1420 g/mol. The van der Waals surface area contributed by atoms with Gasteiger partial charge in [0.15, 0.2) is 12.2 Å². The van der Waals surface area contributed by atoms with Gasteiger partial charge in [0, 0.05) is 25.7 Å². The Balaban J connectivity index is 5.30. The zero-order valence-corrected chi connectivity index (χ0v) is 64.0. The summed E-state index contributed by atoms with van der Waals surface area (Å²) in [4.78, 5) is 72.8. The average molecular weight is 1430 g/mol. The second-order valence-corrected chi connectivity index (χ2v) is 29.2. The Morgan fingerprint density at radius 2 is 0.520 bits per heavy atom. The van der Waals surface area contributed by atoms with E-state index in [1.807, 2.05) is 0 Å². The third-order valence-electron chi connectivity index (χ3n) is 16.6. The van der Waals surface area contributed by atoms with Gasteiger partial charge in [-0.3, -0.25) is 37.3 Å². The van der Waals surface area contributed by atoms with Crippen LogP contribution in [0.4, 0.5) is 0 Å². The molecule has 5 atom stereocenters. The van der Waals surface area contributed by atoms with E-state index >= 15 is 0 Å². The van der Waals surface area contributed by atoms with Crippen molar-refractivity contribution in [3.8, 4) is 0 Å². The van der Waals surface area contributed by atoms with E-state index < -0.39 is 97.5 Å². The van der Waals surface area contributed by atoms with Gasteiger partial charge in [0.1, 0.15) is 19.3 Å². The first-order chi connectivity index (χ1) is 47.7. The first kappa shape index (κ1) is 94.5. The number of rotatable bonds is 74. The van der Waals surface area contributed by atoms with Crippen molar-refractivity contribution in [2.75, 3.05) is 39.6 Å². The summed E-state index contributed by atoms with van der Waals surface area (Å²) >= 11 is 0. The van der Waals surface area contributed by atoms with Gasteiger partial charge in [-0.1, -0.05) is 280 Å². The highest BCUT2D eigenvalue weighted by Crippen LogP contribution is 2.45. The maximum atomic E-state index is 13.1. The number of ether oxygens (including phenoxy) is 4. The zero-order chi connectivity index (χ0) is 71.8. The normalized spacial score (nSPS) is 14.3. The van der Waals surface area contributed by atoms with Crippen molar-refractivity contribution in [3.05, 3.63) is 72.9 Å². The molecular weight excluding hydrogens is 1280 g/mol. The van der Waals surface area contributed by atoms with Gasteiger partial charge in [-0.25, -0.2) is 9.13 Å². The number of phosphoric acid groups is 2. The number of hydrogen-bond acceptors (Lipinski definition) is 15. The fraction of sp³-hybridized carbons (Fsp3) is 0.797.